The van der Waals surface area contributed by atoms with Crippen LogP contribution in [0, 0.1) is 0 Å². The summed E-state index contributed by atoms with van der Waals surface area (Å²) in [5, 5.41) is 5.05. The Bertz CT molecular complexity index is 1360. The molecule has 1 aliphatic heterocycles. The maximum atomic E-state index is 12.0. The van der Waals surface area contributed by atoms with E-state index in [-0.39, 0.29) is 41.3 Å². The van der Waals surface area contributed by atoms with E-state index in [0.29, 0.717) is 5.71 Å². The van der Waals surface area contributed by atoms with Crippen molar-refractivity contribution in [1.29, 1.82) is 0 Å². The molecule has 1 aliphatic carbocycles. The van der Waals surface area contributed by atoms with E-state index in [1.807, 2.05) is 0 Å². The summed E-state index contributed by atoms with van der Waals surface area (Å²) in [6.45, 7) is 1.64. The van der Waals surface area contributed by atoms with E-state index in [4.69, 9.17) is 5.53 Å². The summed E-state index contributed by atoms with van der Waals surface area (Å²) in [4.78, 5) is 13.8. The summed E-state index contributed by atoms with van der Waals surface area (Å²) in [6.07, 6.45) is 4.92. The van der Waals surface area contributed by atoms with Crippen LogP contribution in [-0.4, -0.2) is 48.1 Å². The number of hydrogen-bond donors (Lipinski definition) is 2. The minimum absolute atomic E-state index is 0.00104. The molecule has 1 amide bonds. The molecule has 0 radical (unpaired) electrons. The van der Waals surface area contributed by atoms with E-state index in [2.05, 4.69) is 9.89 Å². The van der Waals surface area contributed by atoms with Gasteiger partial charge in [-0.15, -0.1) is 0 Å². The minimum Gasteiger partial charge on any atom is -0.361 e. The highest BCUT2D eigenvalue weighted by Crippen LogP contribution is 2.29. The van der Waals surface area contributed by atoms with Crippen LogP contribution in [0.15, 0.2) is 56.9 Å². The predicted molar refractivity (Wildman–Crippen MR) is 111 cm³/mol. The van der Waals surface area contributed by atoms with Gasteiger partial charge < -0.3 is 5.53 Å². The van der Waals surface area contributed by atoms with Gasteiger partial charge in [-0.1, -0.05) is 24.3 Å². The van der Waals surface area contributed by atoms with Crippen molar-refractivity contribution in [2.45, 2.75) is 24.7 Å². The van der Waals surface area contributed by atoms with Gasteiger partial charge in [0.05, 0.1) is 18.5 Å². The van der Waals surface area contributed by atoms with Gasteiger partial charge in [0.15, 0.2) is 0 Å². The van der Waals surface area contributed by atoms with Gasteiger partial charge in [0.1, 0.15) is 9.80 Å². The number of carbonyl (C=O) groups is 1. The molecule has 0 spiro atoms. The van der Waals surface area contributed by atoms with E-state index >= 15 is 0 Å². The highest BCUT2D eigenvalue weighted by atomic mass is 32.2. The maximum absolute atomic E-state index is 12.0. The number of allylic oxidation sites excluding steroid dienone is 4. The second-order valence-electron chi connectivity index (χ2n) is 6.69. The Balaban J connectivity index is 2.04. The maximum Gasteiger partial charge on any atom is 0.297 e. The molecule has 0 unspecified atom stereocenters. The number of benzene rings is 1. The van der Waals surface area contributed by atoms with Crippen molar-refractivity contribution >= 4 is 49.3 Å². The van der Waals surface area contributed by atoms with Gasteiger partial charge in [0.25, 0.3) is 31.9 Å². The number of carbonyl (C=O) groups excluding carboxylic acids is 1. The molecule has 3 rings (SSSR count). The highest BCUT2D eigenvalue weighted by molar-refractivity contribution is 7.90. The number of anilines is 1. The molecule has 31 heavy (non-hydrogen) atoms. The lowest BCUT2D eigenvalue weighted by Gasteiger charge is -2.14. The van der Waals surface area contributed by atoms with Gasteiger partial charge >= 0.3 is 0 Å². The summed E-state index contributed by atoms with van der Waals surface area (Å²) in [7, 11) is -9.38. The molecule has 0 atom stereocenters. The Labute approximate surface area is 177 Å². The van der Waals surface area contributed by atoms with Crippen LogP contribution in [0.2, 0.25) is 0 Å². The largest absolute Gasteiger partial charge is 0.361 e. The van der Waals surface area contributed by atoms with E-state index < -0.39 is 30.0 Å². The van der Waals surface area contributed by atoms with Gasteiger partial charge in [0.2, 0.25) is 0 Å². The van der Waals surface area contributed by atoms with Crippen molar-refractivity contribution in [3.63, 3.8) is 0 Å². The topological polar surface area (TPSA) is 178 Å². The molecule has 0 saturated heterocycles. The van der Waals surface area contributed by atoms with Crippen LogP contribution in [0.4, 0.5) is 5.69 Å². The Morgan fingerprint density at radius 2 is 1.87 bits per heavy atom. The van der Waals surface area contributed by atoms with Crippen LogP contribution >= 0.6 is 0 Å². The van der Waals surface area contributed by atoms with Crippen LogP contribution in [0.5, 0.6) is 0 Å². The molecule has 1 aromatic carbocycles. The van der Waals surface area contributed by atoms with Gasteiger partial charge in [-0.25, -0.2) is 5.01 Å². The van der Waals surface area contributed by atoms with Crippen LogP contribution in [0.3, 0.4) is 0 Å². The number of hydrazone groups is 1. The van der Waals surface area contributed by atoms with Crippen molar-refractivity contribution < 1.29 is 35.5 Å². The first-order valence-electron chi connectivity index (χ1n) is 8.67. The second kappa shape index (κ2) is 8.13. The fourth-order valence-corrected chi connectivity index (χ4v) is 4.44. The summed E-state index contributed by atoms with van der Waals surface area (Å²) in [5.74, 6) is -0.362. The molecule has 0 aromatic heterocycles. The first-order valence-corrected chi connectivity index (χ1v) is 11.6. The fourth-order valence-electron chi connectivity index (χ4n) is 3.00. The van der Waals surface area contributed by atoms with E-state index in [1.165, 1.54) is 30.4 Å². The van der Waals surface area contributed by atoms with Crippen molar-refractivity contribution in [3.05, 3.63) is 58.0 Å². The third-order valence-electron chi connectivity index (χ3n) is 4.40. The Kier molecular flexibility index (Phi) is 5.89. The minimum atomic E-state index is -4.72. The summed E-state index contributed by atoms with van der Waals surface area (Å²) >= 11 is 0. The lowest BCUT2D eigenvalue weighted by Crippen LogP contribution is -2.20. The average molecular weight is 464 g/mol. The number of rotatable bonds is 5. The Morgan fingerprint density at radius 3 is 2.42 bits per heavy atom. The smallest absolute Gasteiger partial charge is 0.297 e. The van der Waals surface area contributed by atoms with Gasteiger partial charge in [-0.2, -0.15) is 26.7 Å². The van der Waals surface area contributed by atoms with Crippen LogP contribution < -0.4 is 5.01 Å². The van der Waals surface area contributed by atoms with Crippen LogP contribution in [0.25, 0.3) is 11.6 Å². The highest BCUT2D eigenvalue weighted by Gasteiger charge is 2.26. The summed E-state index contributed by atoms with van der Waals surface area (Å²) in [5.41, 5.74) is 9.53. The van der Waals surface area contributed by atoms with Crippen molar-refractivity contribution in [2.24, 2.45) is 5.10 Å². The third-order valence-corrected chi connectivity index (χ3v) is 6.21. The SMILES string of the molecule is CC1=NN(c2ccc(C=CC3=CCC(=[N+]=[N-])C=C3S(=O)(=O)O)c(S(=O)(=O)O)c2)C(=O)C1. The lowest BCUT2D eigenvalue weighted by molar-refractivity contribution is -0.116. The molecule has 0 saturated carbocycles. The first-order chi connectivity index (χ1) is 14.4. The molecule has 13 heteroatoms. The molecule has 162 valence electrons. The average Bonchev–Trinajstić information content (AvgIpc) is 3.02. The van der Waals surface area contributed by atoms with Gasteiger partial charge in [0, 0.05) is 11.8 Å². The molecular weight excluding hydrogens is 448 g/mol. The zero-order valence-corrected chi connectivity index (χ0v) is 17.6. The molecular formula is C18H16N4O7S2. The summed E-state index contributed by atoms with van der Waals surface area (Å²) < 4.78 is 66.1. The van der Waals surface area contributed by atoms with Crippen molar-refractivity contribution in [3.8, 4) is 0 Å². The second-order valence-corrected chi connectivity index (χ2v) is 9.47. The van der Waals surface area contributed by atoms with Gasteiger partial charge in [-0.05, 0) is 30.2 Å². The van der Waals surface area contributed by atoms with E-state index in [9.17, 15) is 30.7 Å². The standard InChI is InChI=1S/C18H16N4O7S2/c1-11-8-18(23)22(21-11)15-7-5-13(17(10-15)31(27,28)29)3-2-12-4-6-14(20-19)9-16(12)30(24,25)26/h2-5,7,9-10H,6,8H2,1H3,(H,24,25,26)(H,27,28,29). The van der Waals surface area contributed by atoms with E-state index in [1.54, 1.807) is 6.92 Å². The first kappa shape index (κ1) is 22.5. The third kappa shape index (κ3) is 4.93. The normalized spacial score (nSPS) is 17.5. The number of nitrogens with zero attached hydrogens (tertiary/aromatic N) is 4. The van der Waals surface area contributed by atoms with Crippen LogP contribution in [-0.2, 0) is 25.0 Å². The molecule has 2 N–H and O–H groups in total. The molecule has 1 heterocycles. The fraction of sp³-hybridized carbons (Fsp3) is 0.167. The quantitative estimate of drug-likeness (QED) is 0.379. The summed E-state index contributed by atoms with van der Waals surface area (Å²) in [6, 6.07) is 3.80. The van der Waals surface area contributed by atoms with Crippen molar-refractivity contribution in [1.82, 2.24) is 0 Å². The molecule has 1 aromatic rings. The van der Waals surface area contributed by atoms with Gasteiger partial charge in [-0.3, -0.25) is 13.9 Å². The predicted octanol–water partition coefficient (Wildman–Crippen LogP) is 1.83. The Hall–Kier alpha value is -3.22. The van der Waals surface area contributed by atoms with E-state index in [0.717, 1.165) is 17.2 Å². The number of amides is 1. The van der Waals surface area contributed by atoms with Crippen LogP contribution in [0.1, 0.15) is 25.3 Å². The zero-order chi connectivity index (χ0) is 23.0. The molecule has 11 nitrogen and oxygen atoms in total. The molecule has 0 fully saturated rings. The number of hydrogen-bond acceptors (Lipinski definition) is 6. The zero-order valence-electron chi connectivity index (χ0n) is 16.0. The Morgan fingerprint density at radius 1 is 1.16 bits per heavy atom. The molecule has 0 bridgehead atoms. The monoisotopic (exact) mass is 464 g/mol. The van der Waals surface area contributed by atoms with Crippen molar-refractivity contribution in [2.75, 3.05) is 5.01 Å². The lowest BCUT2D eigenvalue weighted by atomic mass is 10.0. The molecule has 2 aliphatic rings.